The maximum absolute atomic E-state index is 13.9. The molecular weight excluding hydrogens is 556 g/mol. The third-order valence-corrected chi connectivity index (χ3v) is 9.01. The Hall–Kier alpha value is -3.86. The molecule has 2 N–H and O–H groups in total. The van der Waals surface area contributed by atoms with E-state index in [-0.39, 0.29) is 23.7 Å². The Morgan fingerprint density at radius 1 is 1.02 bits per heavy atom. The SMILES string of the molecule is CC(=O)/C=C(/C)NC(C)(C)C(=O)N[C@H](COc1ccccc1)C(=O)N1CCC2(CC1)CN(S(C)(=O)=O)c1ccccc12. The van der Waals surface area contributed by atoms with Crippen LogP contribution in [0.1, 0.15) is 46.1 Å². The standard InChI is InChI=1S/C31H40N4O6S/c1-22(19-23(2)36)33-30(3,4)29(38)32-26(20-41-24-11-7-6-8-12-24)28(37)34-17-15-31(16-18-34)21-35(42(5,39)40)27-14-10-9-13-25(27)31/h6-14,19,26,33H,15-18,20-21H2,1-5H3,(H,32,38)/b22-19-/t26-/m1/s1. The number of para-hydroxylation sites is 2. The van der Waals surface area contributed by atoms with Crippen LogP contribution in [0.15, 0.2) is 66.4 Å². The largest absolute Gasteiger partial charge is 0.491 e. The van der Waals surface area contributed by atoms with E-state index in [9.17, 15) is 22.8 Å². The fourth-order valence-electron chi connectivity index (χ4n) is 5.78. The van der Waals surface area contributed by atoms with Crippen molar-refractivity contribution in [2.75, 3.05) is 36.8 Å². The van der Waals surface area contributed by atoms with Crippen LogP contribution in [0.3, 0.4) is 0 Å². The molecule has 42 heavy (non-hydrogen) atoms. The Morgan fingerprint density at radius 3 is 2.26 bits per heavy atom. The van der Waals surface area contributed by atoms with E-state index in [1.54, 1.807) is 37.8 Å². The molecule has 226 valence electrons. The van der Waals surface area contributed by atoms with Crippen LogP contribution in [-0.2, 0) is 29.8 Å². The number of ether oxygens (including phenoxy) is 1. The summed E-state index contributed by atoms with van der Waals surface area (Å²) in [5, 5.41) is 5.92. The zero-order chi connectivity index (χ0) is 30.7. The van der Waals surface area contributed by atoms with E-state index in [2.05, 4.69) is 10.6 Å². The lowest BCUT2D eigenvalue weighted by molar-refractivity contribution is -0.139. The Labute approximate surface area is 248 Å². The molecule has 2 heterocycles. The molecule has 2 aromatic rings. The fourth-order valence-corrected chi connectivity index (χ4v) is 6.78. The fraction of sp³-hybridized carbons (Fsp3) is 0.452. The number of nitrogens with zero attached hydrogens (tertiary/aromatic N) is 2. The van der Waals surface area contributed by atoms with Gasteiger partial charge >= 0.3 is 0 Å². The van der Waals surface area contributed by atoms with Gasteiger partial charge in [0.05, 0.1) is 11.9 Å². The minimum Gasteiger partial charge on any atom is -0.491 e. The predicted molar refractivity (Wildman–Crippen MR) is 162 cm³/mol. The number of nitrogens with one attached hydrogen (secondary N) is 2. The zero-order valence-electron chi connectivity index (χ0n) is 24.8. The van der Waals surface area contributed by atoms with Gasteiger partial charge in [0.15, 0.2) is 5.78 Å². The van der Waals surface area contributed by atoms with Crippen LogP contribution in [0.5, 0.6) is 5.75 Å². The van der Waals surface area contributed by atoms with Crippen molar-refractivity contribution in [3.8, 4) is 5.75 Å². The van der Waals surface area contributed by atoms with Gasteiger partial charge in [-0.1, -0.05) is 36.4 Å². The highest BCUT2D eigenvalue weighted by molar-refractivity contribution is 7.92. The first kappa shape index (κ1) is 31.1. The van der Waals surface area contributed by atoms with E-state index in [0.29, 0.717) is 49.6 Å². The third kappa shape index (κ3) is 6.95. The second kappa shape index (κ2) is 12.2. The number of fused-ring (bicyclic) bond motifs is 2. The quantitative estimate of drug-likeness (QED) is 0.404. The van der Waals surface area contributed by atoms with Crippen molar-refractivity contribution in [3.63, 3.8) is 0 Å². The van der Waals surface area contributed by atoms with Crippen molar-refractivity contribution in [1.29, 1.82) is 0 Å². The topological polar surface area (TPSA) is 125 Å². The van der Waals surface area contributed by atoms with Crippen molar-refractivity contribution >= 4 is 33.3 Å². The normalized spacial score (nSPS) is 17.4. The monoisotopic (exact) mass is 596 g/mol. The molecule has 0 unspecified atom stereocenters. The molecule has 1 spiro atoms. The summed E-state index contributed by atoms with van der Waals surface area (Å²) in [4.78, 5) is 40.5. The molecule has 1 fully saturated rings. The lowest BCUT2D eigenvalue weighted by atomic mass is 9.74. The van der Waals surface area contributed by atoms with E-state index in [1.165, 1.54) is 23.6 Å². The molecule has 0 aliphatic carbocycles. The zero-order valence-corrected chi connectivity index (χ0v) is 25.7. The van der Waals surface area contributed by atoms with Crippen LogP contribution in [0.25, 0.3) is 0 Å². The molecule has 1 saturated heterocycles. The Balaban J connectivity index is 1.50. The molecule has 0 saturated carbocycles. The molecule has 2 aromatic carbocycles. The molecule has 0 radical (unpaired) electrons. The molecule has 4 rings (SSSR count). The van der Waals surface area contributed by atoms with Gasteiger partial charge in [0, 0.05) is 30.7 Å². The first-order valence-corrected chi connectivity index (χ1v) is 15.9. The number of piperidine rings is 1. The number of benzene rings is 2. The number of allylic oxidation sites excluding steroid dienone is 2. The van der Waals surface area contributed by atoms with Crippen molar-refractivity contribution < 1.29 is 27.5 Å². The van der Waals surface area contributed by atoms with Gasteiger partial charge in [-0.05, 0) is 70.4 Å². The van der Waals surface area contributed by atoms with Gasteiger partial charge in [-0.2, -0.15) is 0 Å². The summed E-state index contributed by atoms with van der Waals surface area (Å²) in [5.41, 5.74) is 0.719. The summed E-state index contributed by atoms with van der Waals surface area (Å²) in [5.74, 6) is -0.265. The minimum absolute atomic E-state index is 0.0702. The molecule has 1 atom stereocenters. The van der Waals surface area contributed by atoms with Gasteiger partial charge in [0.25, 0.3) is 0 Å². The molecule has 0 aromatic heterocycles. The van der Waals surface area contributed by atoms with Crippen LogP contribution >= 0.6 is 0 Å². The van der Waals surface area contributed by atoms with E-state index >= 15 is 0 Å². The summed E-state index contributed by atoms with van der Waals surface area (Å²) < 4.78 is 32.5. The van der Waals surface area contributed by atoms with Gasteiger partial charge in [-0.3, -0.25) is 18.7 Å². The van der Waals surface area contributed by atoms with Gasteiger partial charge < -0.3 is 20.3 Å². The van der Waals surface area contributed by atoms with Crippen LogP contribution in [0.4, 0.5) is 5.69 Å². The number of rotatable bonds is 10. The van der Waals surface area contributed by atoms with Gasteiger partial charge in [0.1, 0.15) is 23.9 Å². The molecule has 2 amide bonds. The summed E-state index contributed by atoms with van der Waals surface area (Å²) in [7, 11) is -3.45. The maximum Gasteiger partial charge on any atom is 0.248 e. The number of likely N-dealkylation sites (tertiary alicyclic amines) is 1. The third-order valence-electron chi connectivity index (χ3n) is 7.88. The van der Waals surface area contributed by atoms with Gasteiger partial charge in [-0.25, -0.2) is 8.42 Å². The number of anilines is 1. The molecule has 2 aliphatic heterocycles. The number of carbonyl (C=O) groups is 3. The maximum atomic E-state index is 13.9. The van der Waals surface area contributed by atoms with Crippen molar-refractivity contribution in [3.05, 3.63) is 71.9 Å². The molecular formula is C31H40N4O6S. The number of amides is 2. The van der Waals surface area contributed by atoms with Crippen LogP contribution < -0.4 is 19.7 Å². The minimum atomic E-state index is -3.45. The van der Waals surface area contributed by atoms with Crippen LogP contribution in [-0.4, -0.2) is 75.0 Å². The average molecular weight is 597 g/mol. The Kier molecular flexibility index (Phi) is 9.01. The van der Waals surface area contributed by atoms with E-state index < -0.39 is 27.5 Å². The second-order valence-corrected chi connectivity index (χ2v) is 13.6. The van der Waals surface area contributed by atoms with Crippen molar-refractivity contribution in [1.82, 2.24) is 15.5 Å². The molecule has 10 nitrogen and oxygen atoms in total. The summed E-state index contributed by atoms with van der Waals surface area (Å²) in [6.45, 7) is 7.57. The first-order valence-electron chi connectivity index (χ1n) is 14.0. The number of hydrogen-bond donors (Lipinski definition) is 2. The van der Waals surface area contributed by atoms with E-state index in [4.69, 9.17) is 4.74 Å². The number of sulfonamides is 1. The molecule has 0 bridgehead atoms. The average Bonchev–Trinajstić information content (AvgIpc) is 3.25. The van der Waals surface area contributed by atoms with E-state index in [0.717, 1.165) is 5.56 Å². The molecule has 11 heteroatoms. The van der Waals surface area contributed by atoms with Crippen LogP contribution in [0, 0.1) is 0 Å². The lowest BCUT2D eigenvalue weighted by Gasteiger charge is -2.41. The summed E-state index contributed by atoms with van der Waals surface area (Å²) >= 11 is 0. The van der Waals surface area contributed by atoms with Gasteiger partial charge in [0.2, 0.25) is 21.8 Å². The van der Waals surface area contributed by atoms with Crippen molar-refractivity contribution in [2.45, 2.75) is 57.5 Å². The van der Waals surface area contributed by atoms with Crippen molar-refractivity contribution in [2.24, 2.45) is 0 Å². The highest BCUT2D eigenvalue weighted by atomic mass is 32.2. The Bertz CT molecular complexity index is 1460. The van der Waals surface area contributed by atoms with E-state index in [1.807, 2.05) is 42.5 Å². The first-order chi connectivity index (χ1) is 19.7. The van der Waals surface area contributed by atoms with Gasteiger partial charge in [-0.15, -0.1) is 0 Å². The number of hydrogen-bond acceptors (Lipinski definition) is 7. The Morgan fingerprint density at radius 2 is 1.64 bits per heavy atom. The number of carbonyl (C=O) groups excluding carboxylic acids is 3. The summed E-state index contributed by atoms with van der Waals surface area (Å²) in [6.07, 6.45) is 3.80. The highest BCUT2D eigenvalue weighted by Gasteiger charge is 2.48. The smallest absolute Gasteiger partial charge is 0.248 e. The number of ketones is 1. The summed E-state index contributed by atoms with van der Waals surface area (Å²) in [6, 6.07) is 15.7. The highest BCUT2D eigenvalue weighted by Crippen LogP contribution is 2.47. The molecule has 2 aliphatic rings. The lowest BCUT2D eigenvalue weighted by Crippen LogP contribution is -2.60. The second-order valence-electron chi connectivity index (χ2n) is 11.7. The van der Waals surface area contributed by atoms with Crippen LogP contribution in [0.2, 0.25) is 0 Å². The predicted octanol–water partition coefficient (Wildman–Crippen LogP) is 2.75.